The van der Waals surface area contributed by atoms with Crippen LogP contribution in [-0.4, -0.2) is 16.4 Å². The lowest BCUT2D eigenvalue weighted by Gasteiger charge is -2.10. The Kier molecular flexibility index (Phi) is 5.12. The van der Waals surface area contributed by atoms with E-state index in [2.05, 4.69) is 34.7 Å². The smallest absolute Gasteiger partial charge is 0.0719 e. The molecular formula is C15H21N3O. The number of rotatable bonds is 7. The van der Waals surface area contributed by atoms with Crippen molar-refractivity contribution in [1.82, 2.24) is 15.1 Å². The van der Waals surface area contributed by atoms with E-state index in [0.717, 1.165) is 19.7 Å². The highest BCUT2D eigenvalue weighted by Crippen LogP contribution is 2.10. The highest BCUT2D eigenvalue weighted by atomic mass is 16.5. The molecule has 0 aliphatic rings. The molecule has 0 saturated carbocycles. The molecule has 1 aromatic carbocycles. The predicted octanol–water partition coefficient (Wildman–Crippen LogP) is 2.25. The van der Waals surface area contributed by atoms with Crippen molar-refractivity contribution in [3.05, 3.63) is 53.3 Å². The van der Waals surface area contributed by atoms with Gasteiger partial charge < -0.3 is 10.1 Å². The third kappa shape index (κ3) is 4.19. The van der Waals surface area contributed by atoms with E-state index in [1.807, 2.05) is 31.0 Å². The Bertz CT molecular complexity index is 508. The van der Waals surface area contributed by atoms with E-state index in [0.29, 0.717) is 6.61 Å². The number of nitrogens with one attached hydrogen (secondary N) is 1. The van der Waals surface area contributed by atoms with Crippen LogP contribution in [0, 0.1) is 0 Å². The number of hydrogen-bond acceptors (Lipinski definition) is 3. The minimum Gasteiger partial charge on any atom is -0.377 e. The van der Waals surface area contributed by atoms with Crippen molar-refractivity contribution in [1.29, 1.82) is 0 Å². The van der Waals surface area contributed by atoms with Gasteiger partial charge in [-0.25, -0.2) is 0 Å². The van der Waals surface area contributed by atoms with Crippen LogP contribution in [0.5, 0.6) is 0 Å². The van der Waals surface area contributed by atoms with Gasteiger partial charge in [0.2, 0.25) is 0 Å². The molecule has 2 aromatic rings. The summed E-state index contributed by atoms with van der Waals surface area (Å²) in [6.07, 6.45) is 3.91. The lowest BCUT2D eigenvalue weighted by atomic mass is 10.1. The molecule has 0 saturated heterocycles. The molecule has 19 heavy (non-hydrogen) atoms. The largest absolute Gasteiger partial charge is 0.377 e. The Hall–Kier alpha value is -1.65. The Morgan fingerprint density at radius 3 is 2.68 bits per heavy atom. The second-order valence-electron chi connectivity index (χ2n) is 4.53. The molecule has 0 unspecified atom stereocenters. The molecule has 102 valence electrons. The van der Waals surface area contributed by atoms with Crippen LogP contribution in [0.3, 0.4) is 0 Å². The van der Waals surface area contributed by atoms with Crippen LogP contribution in [0.25, 0.3) is 0 Å². The van der Waals surface area contributed by atoms with Gasteiger partial charge in [-0.3, -0.25) is 4.68 Å². The van der Waals surface area contributed by atoms with Gasteiger partial charge in [-0.2, -0.15) is 5.10 Å². The summed E-state index contributed by atoms with van der Waals surface area (Å²) >= 11 is 0. The van der Waals surface area contributed by atoms with E-state index in [1.165, 1.54) is 16.7 Å². The fourth-order valence-corrected chi connectivity index (χ4v) is 1.99. The third-order valence-corrected chi connectivity index (χ3v) is 2.98. The molecule has 0 radical (unpaired) electrons. The molecule has 0 spiro atoms. The van der Waals surface area contributed by atoms with Gasteiger partial charge in [0.1, 0.15) is 0 Å². The topological polar surface area (TPSA) is 39.1 Å². The molecule has 2 rings (SSSR count). The van der Waals surface area contributed by atoms with E-state index in [4.69, 9.17) is 4.74 Å². The highest BCUT2D eigenvalue weighted by Gasteiger charge is 2.02. The summed E-state index contributed by atoms with van der Waals surface area (Å²) < 4.78 is 7.31. The Labute approximate surface area is 114 Å². The van der Waals surface area contributed by atoms with Gasteiger partial charge in [-0.15, -0.1) is 0 Å². The summed E-state index contributed by atoms with van der Waals surface area (Å²) in [4.78, 5) is 0. The molecule has 1 heterocycles. The zero-order chi connectivity index (χ0) is 13.5. The van der Waals surface area contributed by atoms with Crippen LogP contribution in [0.2, 0.25) is 0 Å². The number of aromatic nitrogens is 2. The molecule has 4 heteroatoms. The first-order valence-corrected chi connectivity index (χ1v) is 6.62. The number of hydrogen-bond donors (Lipinski definition) is 1. The van der Waals surface area contributed by atoms with Gasteiger partial charge in [0.05, 0.1) is 12.8 Å². The van der Waals surface area contributed by atoms with Crippen molar-refractivity contribution in [2.24, 2.45) is 7.05 Å². The van der Waals surface area contributed by atoms with Crippen molar-refractivity contribution in [2.75, 3.05) is 6.61 Å². The molecule has 0 aliphatic carbocycles. The van der Waals surface area contributed by atoms with Crippen molar-refractivity contribution >= 4 is 0 Å². The van der Waals surface area contributed by atoms with Crippen LogP contribution in [0.15, 0.2) is 36.7 Å². The molecular weight excluding hydrogens is 238 g/mol. The van der Waals surface area contributed by atoms with Crippen LogP contribution in [-0.2, 0) is 31.5 Å². The summed E-state index contributed by atoms with van der Waals surface area (Å²) in [5.74, 6) is 0. The van der Waals surface area contributed by atoms with E-state index in [-0.39, 0.29) is 0 Å². The fourth-order valence-electron chi connectivity index (χ4n) is 1.99. The molecule has 0 fully saturated rings. The number of aryl methyl sites for hydroxylation is 1. The molecule has 0 aliphatic heterocycles. The predicted molar refractivity (Wildman–Crippen MR) is 75.5 cm³/mol. The Morgan fingerprint density at radius 1 is 1.21 bits per heavy atom. The van der Waals surface area contributed by atoms with Crippen molar-refractivity contribution in [3.8, 4) is 0 Å². The number of ether oxygens (including phenoxy) is 1. The maximum atomic E-state index is 5.49. The first kappa shape index (κ1) is 13.8. The average Bonchev–Trinajstić information content (AvgIpc) is 2.83. The van der Waals surface area contributed by atoms with E-state index in [9.17, 15) is 0 Å². The molecule has 1 aromatic heterocycles. The van der Waals surface area contributed by atoms with Gasteiger partial charge >= 0.3 is 0 Å². The van der Waals surface area contributed by atoms with Crippen molar-refractivity contribution in [2.45, 2.75) is 26.6 Å². The van der Waals surface area contributed by atoms with Crippen LogP contribution in [0.4, 0.5) is 0 Å². The molecule has 0 bridgehead atoms. The third-order valence-electron chi connectivity index (χ3n) is 2.98. The summed E-state index contributed by atoms with van der Waals surface area (Å²) in [5.41, 5.74) is 3.74. The maximum absolute atomic E-state index is 5.49. The quantitative estimate of drug-likeness (QED) is 0.829. The van der Waals surface area contributed by atoms with E-state index < -0.39 is 0 Å². The summed E-state index contributed by atoms with van der Waals surface area (Å²) in [5, 5.41) is 7.60. The molecule has 1 N–H and O–H groups in total. The standard InChI is InChI=1S/C15H21N3O/c1-3-19-12-15-7-5-4-6-14(15)10-16-8-13-9-17-18(2)11-13/h4-7,9,11,16H,3,8,10,12H2,1-2H3. The minimum absolute atomic E-state index is 0.682. The normalized spacial score (nSPS) is 10.8. The lowest BCUT2D eigenvalue weighted by molar-refractivity contribution is 0.133. The SMILES string of the molecule is CCOCc1ccccc1CNCc1cnn(C)c1. The van der Waals surface area contributed by atoms with Crippen molar-refractivity contribution in [3.63, 3.8) is 0 Å². The monoisotopic (exact) mass is 259 g/mol. The van der Waals surface area contributed by atoms with Gasteiger partial charge in [0.15, 0.2) is 0 Å². The summed E-state index contributed by atoms with van der Waals surface area (Å²) in [7, 11) is 1.93. The van der Waals surface area contributed by atoms with Crippen LogP contribution in [0.1, 0.15) is 23.6 Å². The van der Waals surface area contributed by atoms with Gasteiger partial charge in [-0.1, -0.05) is 24.3 Å². The van der Waals surface area contributed by atoms with Crippen LogP contribution < -0.4 is 5.32 Å². The fraction of sp³-hybridized carbons (Fsp3) is 0.400. The first-order chi connectivity index (χ1) is 9.29. The Morgan fingerprint density at radius 2 is 2.00 bits per heavy atom. The molecule has 4 nitrogen and oxygen atoms in total. The minimum atomic E-state index is 0.682. The van der Waals surface area contributed by atoms with Gasteiger partial charge in [0, 0.05) is 38.5 Å². The molecule has 0 atom stereocenters. The summed E-state index contributed by atoms with van der Waals surface area (Å²) in [6, 6.07) is 8.39. The van der Waals surface area contributed by atoms with E-state index >= 15 is 0 Å². The average molecular weight is 259 g/mol. The Balaban J connectivity index is 1.88. The summed E-state index contributed by atoms with van der Waals surface area (Å²) in [6.45, 7) is 5.12. The second kappa shape index (κ2) is 7.07. The number of nitrogens with zero attached hydrogens (tertiary/aromatic N) is 2. The van der Waals surface area contributed by atoms with E-state index in [1.54, 1.807) is 0 Å². The molecule has 0 amide bonds. The highest BCUT2D eigenvalue weighted by molar-refractivity contribution is 5.26. The number of benzene rings is 1. The van der Waals surface area contributed by atoms with Crippen molar-refractivity contribution < 1.29 is 4.74 Å². The maximum Gasteiger partial charge on any atom is 0.0719 e. The van der Waals surface area contributed by atoms with Gasteiger partial charge in [-0.05, 0) is 18.1 Å². The lowest BCUT2D eigenvalue weighted by Crippen LogP contribution is -2.14. The first-order valence-electron chi connectivity index (χ1n) is 6.62. The zero-order valence-electron chi connectivity index (χ0n) is 11.6. The zero-order valence-corrected chi connectivity index (χ0v) is 11.6. The second-order valence-corrected chi connectivity index (χ2v) is 4.53. The van der Waals surface area contributed by atoms with Crippen LogP contribution >= 0.6 is 0 Å². The van der Waals surface area contributed by atoms with Gasteiger partial charge in [0.25, 0.3) is 0 Å².